The first-order valence-corrected chi connectivity index (χ1v) is 11.5. The molecule has 1 aliphatic heterocycles. The first-order chi connectivity index (χ1) is 15.8. The highest BCUT2D eigenvalue weighted by molar-refractivity contribution is 7.15. The number of ether oxygens (including phenoxy) is 1. The fourth-order valence-electron chi connectivity index (χ4n) is 3.57. The minimum Gasteiger partial charge on any atom is -0.481 e. The van der Waals surface area contributed by atoms with Crippen LogP contribution < -0.4 is 10.1 Å². The van der Waals surface area contributed by atoms with Gasteiger partial charge in [-0.1, -0.05) is 55.5 Å². The Morgan fingerprint density at radius 2 is 1.64 bits per heavy atom. The van der Waals surface area contributed by atoms with E-state index in [-0.39, 0.29) is 30.2 Å². The highest BCUT2D eigenvalue weighted by atomic mass is 32.1. The second-order valence-electron chi connectivity index (χ2n) is 8.00. The number of benzene rings is 2. The first kappa shape index (κ1) is 22.6. The van der Waals surface area contributed by atoms with Gasteiger partial charge < -0.3 is 4.74 Å². The number of aromatic nitrogens is 2. The molecule has 2 heterocycles. The monoisotopic (exact) mass is 464 g/mol. The summed E-state index contributed by atoms with van der Waals surface area (Å²) >= 11 is 1.20. The van der Waals surface area contributed by atoms with Gasteiger partial charge in [0.2, 0.25) is 5.13 Å². The number of rotatable bonds is 8. The van der Waals surface area contributed by atoms with Gasteiger partial charge in [0.05, 0.1) is 11.1 Å². The maximum Gasteiger partial charge on any atom is 0.266 e. The lowest BCUT2D eigenvalue weighted by atomic mass is 10.0. The van der Waals surface area contributed by atoms with Gasteiger partial charge in [-0.2, -0.15) is 0 Å². The van der Waals surface area contributed by atoms with Crippen LogP contribution in [0.5, 0.6) is 5.75 Å². The van der Waals surface area contributed by atoms with Crippen LogP contribution in [0.1, 0.15) is 58.0 Å². The van der Waals surface area contributed by atoms with Crippen LogP contribution in [0, 0.1) is 0 Å². The van der Waals surface area contributed by atoms with Crippen LogP contribution in [0.25, 0.3) is 0 Å². The normalized spacial score (nSPS) is 13.9. The van der Waals surface area contributed by atoms with Crippen molar-refractivity contribution in [1.29, 1.82) is 0 Å². The molecule has 1 N–H and O–H groups in total. The number of carbonyl (C=O) groups excluding carboxylic acids is 3. The molecule has 33 heavy (non-hydrogen) atoms. The van der Waals surface area contributed by atoms with Crippen molar-refractivity contribution in [2.75, 3.05) is 11.9 Å². The van der Waals surface area contributed by atoms with Gasteiger partial charge in [0.25, 0.3) is 17.7 Å². The lowest BCUT2D eigenvalue weighted by Crippen LogP contribution is -2.31. The molecule has 0 aliphatic carbocycles. The van der Waals surface area contributed by atoms with Gasteiger partial charge >= 0.3 is 0 Å². The zero-order chi connectivity index (χ0) is 23.5. The number of imide groups is 1. The average Bonchev–Trinajstić information content (AvgIpc) is 3.35. The van der Waals surface area contributed by atoms with E-state index < -0.39 is 6.10 Å². The minimum absolute atomic E-state index is 0.195. The zero-order valence-electron chi connectivity index (χ0n) is 18.6. The highest BCUT2D eigenvalue weighted by Crippen LogP contribution is 2.27. The molecule has 0 radical (unpaired) electrons. The second-order valence-corrected chi connectivity index (χ2v) is 9.06. The highest BCUT2D eigenvalue weighted by Gasteiger charge is 2.34. The lowest BCUT2D eigenvalue weighted by molar-refractivity contribution is -0.122. The number of nitrogens with one attached hydrogen (secondary N) is 1. The summed E-state index contributed by atoms with van der Waals surface area (Å²) < 4.78 is 5.88. The van der Waals surface area contributed by atoms with Crippen LogP contribution in [0.2, 0.25) is 0 Å². The Kier molecular flexibility index (Phi) is 6.50. The van der Waals surface area contributed by atoms with Gasteiger partial charge in [-0.25, -0.2) is 0 Å². The van der Waals surface area contributed by atoms with Crippen LogP contribution in [-0.2, 0) is 11.2 Å². The molecule has 1 aromatic heterocycles. The van der Waals surface area contributed by atoms with E-state index in [9.17, 15) is 14.4 Å². The van der Waals surface area contributed by atoms with E-state index in [1.54, 1.807) is 31.2 Å². The molecule has 1 atom stereocenters. The molecule has 0 saturated heterocycles. The number of para-hydroxylation sites is 1. The van der Waals surface area contributed by atoms with Crippen molar-refractivity contribution < 1.29 is 19.1 Å². The molecule has 8 nitrogen and oxygen atoms in total. The van der Waals surface area contributed by atoms with Gasteiger partial charge in [0, 0.05) is 13.0 Å². The third kappa shape index (κ3) is 4.78. The standard InChI is InChI=1S/C24H24N4O4S/c1-14(2)16-8-6-7-11-19(16)32-15(3)21(29)25-24-27-26-20(33-24)12-13-28-22(30)17-9-4-5-10-18(17)23(28)31/h4-11,14-15H,12-13H2,1-3H3,(H,25,27,29). The smallest absolute Gasteiger partial charge is 0.266 e. The SMILES string of the molecule is CC(Oc1ccccc1C(C)C)C(=O)Nc1nnc(CCN2C(=O)c3ccccc3C2=O)s1. The van der Waals surface area contributed by atoms with Gasteiger partial charge in [-0.05, 0) is 36.6 Å². The van der Waals surface area contributed by atoms with Crippen molar-refractivity contribution in [2.24, 2.45) is 0 Å². The third-order valence-electron chi connectivity index (χ3n) is 5.34. The zero-order valence-corrected chi connectivity index (χ0v) is 19.4. The summed E-state index contributed by atoms with van der Waals surface area (Å²) in [6.07, 6.45) is -0.372. The number of hydrogen-bond donors (Lipinski definition) is 1. The predicted octanol–water partition coefficient (Wildman–Crippen LogP) is 3.91. The number of amides is 3. The van der Waals surface area contributed by atoms with Crippen molar-refractivity contribution in [3.63, 3.8) is 0 Å². The molecule has 3 amide bonds. The molecule has 3 aromatic rings. The predicted molar refractivity (Wildman–Crippen MR) is 125 cm³/mol. The molecule has 0 spiro atoms. The van der Waals surface area contributed by atoms with Gasteiger partial charge in [-0.3, -0.25) is 24.6 Å². The van der Waals surface area contributed by atoms with E-state index in [4.69, 9.17) is 4.74 Å². The van der Waals surface area contributed by atoms with Crippen molar-refractivity contribution in [3.05, 3.63) is 70.2 Å². The average molecular weight is 465 g/mol. The van der Waals surface area contributed by atoms with E-state index in [1.165, 1.54) is 16.2 Å². The second kappa shape index (κ2) is 9.50. The first-order valence-electron chi connectivity index (χ1n) is 10.7. The summed E-state index contributed by atoms with van der Waals surface area (Å²) in [6, 6.07) is 14.4. The number of carbonyl (C=O) groups is 3. The minimum atomic E-state index is -0.726. The van der Waals surface area contributed by atoms with Crippen LogP contribution in [0.3, 0.4) is 0 Å². The van der Waals surface area contributed by atoms with E-state index in [2.05, 4.69) is 29.4 Å². The maximum atomic E-state index is 12.6. The molecular weight excluding hydrogens is 440 g/mol. The number of hydrogen-bond acceptors (Lipinski definition) is 7. The summed E-state index contributed by atoms with van der Waals surface area (Å²) in [5.74, 6) is -0.00223. The molecule has 170 valence electrons. The number of anilines is 1. The van der Waals surface area contributed by atoms with Crippen LogP contribution in [-0.4, -0.2) is 45.5 Å². The maximum absolute atomic E-state index is 12.6. The number of nitrogens with zero attached hydrogens (tertiary/aromatic N) is 3. The molecule has 0 saturated carbocycles. The summed E-state index contributed by atoms with van der Waals surface area (Å²) in [4.78, 5) is 38.7. The van der Waals surface area contributed by atoms with E-state index in [0.29, 0.717) is 33.4 Å². The Morgan fingerprint density at radius 3 is 2.30 bits per heavy atom. The quantitative estimate of drug-likeness (QED) is 0.507. The Labute approximate surface area is 195 Å². The molecule has 1 aliphatic rings. The van der Waals surface area contributed by atoms with Crippen LogP contribution in [0.15, 0.2) is 48.5 Å². The van der Waals surface area contributed by atoms with Gasteiger partial charge in [0.15, 0.2) is 6.10 Å². The van der Waals surface area contributed by atoms with Crippen LogP contribution >= 0.6 is 11.3 Å². The Hall–Kier alpha value is -3.59. The molecular formula is C24H24N4O4S. The summed E-state index contributed by atoms with van der Waals surface area (Å²) in [5, 5.41) is 11.8. The Bertz CT molecular complexity index is 1170. The molecule has 0 bridgehead atoms. The van der Waals surface area contributed by atoms with E-state index >= 15 is 0 Å². The molecule has 0 fully saturated rings. The topological polar surface area (TPSA) is 101 Å². The summed E-state index contributed by atoms with van der Waals surface area (Å²) in [7, 11) is 0. The van der Waals surface area contributed by atoms with E-state index in [0.717, 1.165) is 5.56 Å². The third-order valence-corrected chi connectivity index (χ3v) is 6.24. The van der Waals surface area contributed by atoms with Gasteiger partial charge in [0.1, 0.15) is 10.8 Å². The van der Waals surface area contributed by atoms with Gasteiger partial charge in [-0.15, -0.1) is 10.2 Å². The largest absolute Gasteiger partial charge is 0.481 e. The number of fused-ring (bicyclic) bond motifs is 1. The summed E-state index contributed by atoms with van der Waals surface area (Å²) in [6.45, 7) is 6.01. The van der Waals surface area contributed by atoms with Crippen LogP contribution in [0.4, 0.5) is 5.13 Å². The molecule has 9 heteroatoms. The van der Waals surface area contributed by atoms with E-state index in [1.807, 2.05) is 24.3 Å². The molecule has 2 aromatic carbocycles. The van der Waals surface area contributed by atoms with Crippen molar-refractivity contribution in [3.8, 4) is 5.75 Å². The van der Waals surface area contributed by atoms with Crippen molar-refractivity contribution >= 4 is 34.2 Å². The Morgan fingerprint density at radius 1 is 1.00 bits per heavy atom. The molecule has 1 unspecified atom stereocenters. The Balaban J connectivity index is 1.33. The van der Waals surface area contributed by atoms with Crippen molar-refractivity contribution in [2.45, 2.75) is 39.2 Å². The fraction of sp³-hybridized carbons (Fsp3) is 0.292. The van der Waals surface area contributed by atoms with Crippen molar-refractivity contribution in [1.82, 2.24) is 15.1 Å². The summed E-state index contributed by atoms with van der Waals surface area (Å²) in [5.41, 5.74) is 1.87. The lowest BCUT2D eigenvalue weighted by Gasteiger charge is -2.18. The molecule has 4 rings (SSSR count). The fourth-order valence-corrected chi connectivity index (χ4v) is 4.30.